The standard InChI is InChI=1S/C18H23NO3.C12H22O12/c1-13(2-3-14-4-7-16(20)8-5-14)19-11-10-15-6-9-17(21)18(22)12-15;13-1-3(15)10(7(18)8(19)11(21)22)24-12-9(20)6(17)5(16)4(2-14)23-12/h4-9,12-13,19-22H,2-3,10-11H2,1H3;3-10,12-20H,1-2H2,(H,21,22)/t;3-,4-,5-,6+,7+,8-,9-,10-,12+/m.1/s1. The maximum absolute atomic E-state index is 10.7. The molecule has 1 fully saturated rings. The van der Waals surface area contributed by atoms with Crippen LogP contribution in [0.15, 0.2) is 42.5 Å². The van der Waals surface area contributed by atoms with Crippen LogP contribution in [0.5, 0.6) is 17.2 Å². The lowest BCUT2D eigenvalue weighted by Crippen LogP contribution is -2.61. The van der Waals surface area contributed by atoms with Gasteiger partial charge in [-0.05, 0) is 68.1 Å². The SMILES string of the molecule is CC(CCc1ccc(O)cc1)NCCc1ccc(O)c(O)c1.O=C(O)[C@H](O)[C@H](O)[C@H](O[C@@H]1O[C@H](CO)[C@@H](O)[C@H](O)[C@H]1O)[C@H](O)CO. The van der Waals surface area contributed by atoms with E-state index < -0.39 is 74.3 Å². The van der Waals surface area contributed by atoms with Crippen LogP contribution in [0.25, 0.3) is 0 Å². The van der Waals surface area contributed by atoms with Crippen LogP contribution in [0.4, 0.5) is 0 Å². The van der Waals surface area contributed by atoms with Gasteiger partial charge in [0.25, 0.3) is 0 Å². The Kier molecular flexibility index (Phi) is 16.0. The molecule has 10 atom stereocenters. The van der Waals surface area contributed by atoms with Gasteiger partial charge in [-0.3, -0.25) is 0 Å². The van der Waals surface area contributed by atoms with Crippen molar-refractivity contribution in [1.29, 1.82) is 0 Å². The van der Waals surface area contributed by atoms with Gasteiger partial charge < -0.3 is 76.1 Å². The minimum atomic E-state index is -2.39. The molecule has 16 nitrogen and oxygen atoms in total. The summed E-state index contributed by atoms with van der Waals surface area (Å²) in [6.45, 7) is 1.21. The van der Waals surface area contributed by atoms with Gasteiger partial charge in [-0.1, -0.05) is 18.2 Å². The minimum Gasteiger partial charge on any atom is -0.508 e. The fraction of sp³-hybridized carbons (Fsp3) is 0.567. The number of carboxylic acids is 1. The van der Waals surface area contributed by atoms with E-state index in [0.717, 1.165) is 31.4 Å². The van der Waals surface area contributed by atoms with Gasteiger partial charge in [-0.25, -0.2) is 4.79 Å². The Balaban J connectivity index is 0.000000321. The molecule has 1 aliphatic rings. The minimum absolute atomic E-state index is 0.0714. The lowest BCUT2D eigenvalue weighted by Gasteiger charge is -2.42. The first-order valence-corrected chi connectivity index (χ1v) is 14.6. The summed E-state index contributed by atoms with van der Waals surface area (Å²) < 4.78 is 9.98. The normalized spacial score (nSPS) is 24.6. The van der Waals surface area contributed by atoms with Gasteiger partial charge in [0.05, 0.1) is 13.2 Å². The molecule has 0 spiro atoms. The summed E-state index contributed by atoms with van der Waals surface area (Å²) in [4.78, 5) is 10.7. The number of ether oxygens (including phenoxy) is 2. The van der Waals surface area contributed by atoms with Crippen molar-refractivity contribution in [3.63, 3.8) is 0 Å². The highest BCUT2D eigenvalue weighted by Crippen LogP contribution is 2.26. The van der Waals surface area contributed by atoms with Crippen molar-refractivity contribution < 1.29 is 75.5 Å². The highest BCUT2D eigenvalue weighted by Gasteiger charge is 2.47. The van der Waals surface area contributed by atoms with Crippen molar-refractivity contribution in [2.75, 3.05) is 19.8 Å². The highest BCUT2D eigenvalue weighted by molar-refractivity contribution is 5.72. The molecule has 2 aromatic rings. The van der Waals surface area contributed by atoms with Crippen molar-refractivity contribution in [2.24, 2.45) is 0 Å². The Bertz CT molecular complexity index is 1180. The number of benzene rings is 2. The summed E-state index contributed by atoms with van der Waals surface area (Å²) in [5.41, 5.74) is 2.21. The second-order valence-electron chi connectivity index (χ2n) is 11.0. The van der Waals surface area contributed by atoms with Crippen molar-refractivity contribution in [1.82, 2.24) is 5.32 Å². The number of hydrogen-bond acceptors (Lipinski definition) is 15. The van der Waals surface area contributed by atoms with E-state index in [2.05, 4.69) is 12.2 Å². The summed E-state index contributed by atoms with van der Waals surface area (Å²) in [6.07, 6.45) is -14.1. The molecule has 1 aliphatic heterocycles. The average Bonchev–Trinajstić information content (AvgIpc) is 3.04. The Labute approximate surface area is 265 Å². The molecule has 0 saturated carbocycles. The van der Waals surface area contributed by atoms with E-state index >= 15 is 0 Å². The molecule has 1 unspecified atom stereocenters. The van der Waals surface area contributed by atoms with Gasteiger partial charge in [-0.2, -0.15) is 0 Å². The summed E-state index contributed by atoms with van der Waals surface area (Å²) in [5, 5.41) is 116. The first kappa shape index (κ1) is 39.1. The lowest BCUT2D eigenvalue weighted by atomic mass is 9.98. The van der Waals surface area contributed by atoms with Gasteiger partial charge >= 0.3 is 5.97 Å². The number of aromatic hydroxyl groups is 3. The molecular weight excluding hydrogens is 614 g/mol. The van der Waals surface area contributed by atoms with E-state index in [1.165, 1.54) is 11.6 Å². The second kappa shape index (κ2) is 18.9. The molecule has 0 amide bonds. The number of aliphatic hydroxyl groups excluding tert-OH is 8. The summed E-state index contributed by atoms with van der Waals surface area (Å²) in [5.74, 6) is -1.70. The van der Waals surface area contributed by atoms with Gasteiger partial charge in [0, 0.05) is 6.04 Å². The van der Waals surface area contributed by atoms with E-state index in [-0.39, 0.29) is 11.5 Å². The molecule has 0 aromatic heterocycles. The molecule has 3 rings (SSSR count). The van der Waals surface area contributed by atoms with Crippen molar-refractivity contribution in [3.05, 3.63) is 53.6 Å². The first-order valence-electron chi connectivity index (χ1n) is 14.6. The molecule has 46 heavy (non-hydrogen) atoms. The number of aryl methyl sites for hydroxylation is 1. The molecule has 1 saturated heterocycles. The Morgan fingerprint density at radius 1 is 0.891 bits per heavy atom. The van der Waals surface area contributed by atoms with Crippen LogP contribution >= 0.6 is 0 Å². The van der Waals surface area contributed by atoms with E-state index in [4.69, 9.17) is 24.8 Å². The summed E-state index contributed by atoms with van der Waals surface area (Å²) in [6, 6.07) is 12.6. The molecule has 0 radical (unpaired) electrons. The number of phenols is 3. The van der Waals surface area contributed by atoms with E-state index in [0.29, 0.717) is 11.8 Å². The molecule has 1 heterocycles. The third-order valence-electron chi connectivity index (χ3n) is 7.37. The number of aliphatic hydroxyl groups is 8. The summed E-state index contributed by atoms with van der Waals surface area (Å²) in [7, 11) is 0. The van der Waals surface area contributed by atoms with Crippen LogP contribution in [-0.2, 0) is 27.1 Å². The molecule has 16 heteroatoms. The molecule has 13 N–H and O–H groups in total. The second-order valence-corrected chi connectivity index (χ2v) is 11.0. The van der Waals surface area contributed by atoms with E-state index in [1.54, 1.807) is 18.2 Å². The zero-order valence-electron chi connectivity index (χ0n) is 25.1. The smallest absolute Gasteiger partial charge is 0.335 e. The summed E-state index contributed by atoms with van der Waals surface area (Å²) >= 11 is 0. The Morgan fingerprint density at radius 2 is 1.52 bits per heavy atom. The van der Waals surface area contributed by atoms with E-state index in [9.17, 15) is 50.8 Å². The van der Waals surface area contributed by atoms with Gasteiger partial charge in [0.15, 0.2) is 23.9 Å². The third kappa shape index (κ3) is 11.6. The Hall–Kier alpha value is -3.13. The van der Waals surface area contributed by atoms with Crippen LogP contribution < -0.4 is 5.32 Å². The van der Waals surface area contributed by atoms with Crippen LogP contribution in [0.1, 0.15) is 24.5 Å². The maximum atomic E-state index is 10.7. The van der Waals surface area contributed by atoms with Crippen molar-refractivity contribution >= 4 is 5.97 Å². The quantitative estimate of drug-likeness (QED) is 0.0865. The van der Waals surface area contributed by atoms with Crippen LogP contribution in [0.3, 0.4) is 0 Å². The topological polar surface area (TPSA) is 290 Å². The monoisotopic (exact) mass is 659 g/mol. The fourth-order valence-corrected chi connectivity index (χ4v) is 4.50. The number of carbonyl (C=O) groups is 1. The number of phenolic OH excluding ortho intramolecular Hbond substituents is 3. The lowest BCUT2D eigenvalue weighted by molar-refractivity contribution is -0.326. The Morgan fingerprint density at radius 3 is 2.09 bits per heavy atom. The zero-order chi connectivity index (χ0) is 34.6. The molecular formula is C30H45NO15. The third-order valence-corrected chi connectivity index (χ3v) is 7.37. The van der Waals surface area contributed by atoms with Gasteiger partial charge in [0.2, 0.25) is 0 Å². The van der Waals surface area contributed by atoms with Crippen LogP contribution in [0.2, 0.25) is 0 Å². The predicted octanol–water partition coefficient (Wildman–Crippen LogP) is -2.71. The van der Waals surface area contributed by atoms with Crippen LogP contribution in [-0.4, -0.2) is 148 Å². The zero-order valence-corrected chi connectivity index (χ0v) is 25.1. The average molecular weight is 660 g/mol. The van der Waals surface area contributed by atoms with Gasteiger partial charge in [-0.15, -0.1) is 0 Å². The van der Waals surface area contributed by atoms with Crippen LogP contribution in [0, 0.1) is 0 Å². The number of nitrogens with one attached hydrogen (secondary N) is 1. The van der Waals surface area contributed by atoms with Crippen molar-refractivity contribution in [3.8, 4) is 17.2 Å². The predicted molar refractivity (Wildman–Crippen MR) is 159 cm³/mol. The fourth-order valence-electron chi connectivity index (χ4n) is 4.50. The molecule has 2 aromatic carbocycles. The number of rotatable bonds is 15. The number of hydrogen-bond donors (Lipinski definition) is 13. The molecule has 0 bridgehead atoms. The largest absolute Gasteiger partial charge is 0.508 e. The van der Waals surface area contributed by atoms with Crippen molar-refractivity contribution in [2.45, 2.75) is 87.3 Å². The van der Waals surface area contributed by atoms with Gasteiger partial charge in [0.1, 0.15) is 48.5 Å². The first-order chi connectivity index (χ1) is 21.7. The number of aliphatic carboxylic acids is 1. The molecule has 260 valence electrons. The maximum Gasteiger partial charge on any atom is 0.335 e. The van der Waals surface area contributed by atoms with E-state index in [1.807, 2.05) is 18.2 Å². The molecule has 0 aliphatic carbocycles. The highest BCUT2D eigenvalue weighted by atomic mass is 16.7. The number of carboxylic acid groups (broad SMARTS) is 1.